The van der Waals surface area contributed by atoms with E-state index < -0.39 is 34.1 Å². The van der Waals surface area contributed by atoms with E-state index in [4.69, 9.17) is 4.74 Å². The fraction of sp³-hybridized carbons (Fsp3) is 0.375. The molecule has 2 amide bonds. The Morgan fingerprint density at radius 3 is 2.05 bits per heavy atom. The molecule has 0 fully saturated rings. The molecule has 0 aliphatic rings. The number of ether oxygens (including phenoxy) is 1. The molecular formula is C32H41N3O5S. The molecule has 3 aromatic carbocycles. The summed E-state index contributed by atoms with van der Waals surface area (Å²) in [5, 5.41) is 2.94. The molecule has 3 rings (SSSR count). The number of carbonyl (C=O) groups excluding carboxylic acids is 2. The van der Waals surface area contributed by atoms with Gasteiger partial charge in [-0.25, -0.2) is 8.42 Å². The first-order valence-corrected chi connectivity index (χ1v) is 15.0. The van der Waals surface area contributed by atoms with Crippen molar-refractivity contribution in [3.63, 3.8) is 0 Å². The summed E-state index contributed by atoms with van der Waals surface area (Å²) in [6, 6.07) is 18.4. The maximum atomic E-state index is 14.1. The van der Waals surface area contributed by atoms with Crippen LogP contribution in [-0.2, 0) is 26.2 Å². The number of hydrogen-bond acceptors (Lipinski definition) is 5. The first-order valence-electron chi connectivity index (χ1n) is 13.5. The lowest BCUT2D eigenvalue weighted by atomic mass is 10.1. The van der Waals surface area contributed by atoms with Crippen molar-refractivity contribution in [2.45, 2.75) is 71.5 Å². The lowest BCUT2D eigenvalue weighted by Crippen LogP contribution is -2.54. The lowest BCUT2D eigenvalue weighted by molar-refractivity contribution is -0.140. The standard InChI is InChI=1S/C32H41N3O5S/c1-22-10-17-28(18-11-22)41(38,39)35(29-19-23(2)9-12-24(29)3)21-30(36)34(25(4)31(37)33-32(5,6)7)20-26-13-15-27(40-8)16-14-26/h9-19,25H,20-21H2,1-8H3,(H,33,37). The quantitative estimate of drug-likeness (QED) is 0.359. The van der Waals surface area contributed by atoms with Crippen molar-refractivity contribution in [3.05, 3.63) is 89.0 Å². The van der Waals surface area contributed by atoms with Crippen LogP contribution in [0.4, 0.5) is 5.69 Å². The number of amides is 2. The molecule has 0 aliphatic heterocycles. The zero-order valence-corrected chi connectivity index (χ0v) is 26.0. The van der Waals surface area contributed by atoms with Gasteiger partial charge in [-0.3, -0.25) is 13.9 Å². The molecule has 1 atom stereocenters. The summed E-state index contributed by atoms with van der Waals surface area (Å²) >= 11 is 0. The molecule has 0 saturated carbocycles. The Morgan fingerprint density at radius 1 is 0.902 bits per heavy atom. The van der Waals surface area contributed by atoms with Crippen molar-refractivity contribution in [3.8, 4) is 5.75 Å². The second-order valence-corrected chi connectivity index (χ2v) is 13.3. The van der Waals surface area contributed by atoms with Gasteiger partial charge in [0.1, 0.15) is 18.3 Å². The highest BCUT2D eigenvalue weighted by Crippen LogP contribution is 2.29. The Balaban J connectivity index is 2.07. The van der Waals surface area contributed by atoms with Gasteiger partial charge in [0.05, 0.1) is 17.7 Å². The van der Waals surface area contributed by atoms with Crippen molar-refractivity contribution in [1.82, 2.24) is 10.2 Å². The summed E-state index contributed by atoms with van der Waals surface area (Å²) in [5.41, 5.74) is 3.15. The molecule has 0 bridgehead atoms. The van der Waals surface area contributed by atoms with E-state index in [2.05, 4.69) is 5.32 Å². The van der Waals surface area contributed by atoms with Crippen LogP contribution in [0.5, 0.6) is 5.75 Å². The van der Waals surface area contributed by atoms with Crippen LogP contribution in [0.1, 0.15) is 49.9 Å². The van der Waals surface area contributed by atoms with Gasteiger partial charge in [0, 0.05) is 12.1 Å². The van der Waals surface area contributed by atoms with E-state index in [-0.39, 0.29) is 17.3 Å². The minimum Gasteiger partial charge on any atom is -0.497 e. The van der Waals surface area contributed by atoms with Crippen LogP contribution in [-0.4, -0.2) is 50.4 Å². The third-order valence-corrected chi connectivity index (χ3v) is 8.47. The van der Waals surface area contributed by atoms with Crippen LogP contribution in [0.2, 0.25) is 0 Å². The molecule has 0 heterocycles. The molecule has 9 heteroatoms. The largest absolute Gasteiger partial charge is 0.497 e. The Bertz CT molecular complexity index is 1480. The number of rotatable bonds is 10. The molecule has 0 aromatic heterocycles. The van der Waals surface area contributed by atoms with Crippen molar-refractivity contribution in [2.24, 2.45) is 0 Å². The van der Waals surface area contributed by atoms with E-state index in [1.807, 2.05) is 65.8 Å². The van der Waals surface area contributed by atoms with Gasteiger partial charge < -0.3 is 15.0 Å². The zero-order valence-electron chi connectivity index (χ0n) is 25.2. The predicted molar refractivity (Wildman–Crippen MR) is 163 cm³/mol. The monoisotopic (exact) mass is 579 g/mol. The number of nitrogens with one attached hydrogen (secondary N) is 1. The topological polar surface area (TPSA) is 96.0 Å². The van der Waals surface area contributed by atoms with Gasteiger partial charge in [0.2, 0.25) is 11.8 Å². The SMILES string of the molecule is COc1ccc(CN(C(=O)CN(c2cc(C)ccc2C)S(=O)(=O)c2ccc(C)cc2)C(C)C(=O)NC(C)(C)C)cc1. The van der Waals surface area contributed by atoms with E-state index in [0.29, 0.717) is 17.0 Å². The molecule has 0 aliphatic carbocycles. The van der Waals surface area contributed by atoms with Crippen molar-refractivity contribution in [1.29, 1.82) is 0 Å². The van der Waals surface area contributed by atoms with Gasteiger partial charge >= 0.3 is 0 Å². The first kappa shape index (κ1) is 31.7. The lowest BCUT2D eigenvalue weighted by Gasteiger charge is -2.34. The zero-order chi connectivity index (χ0) is 30.5. The number of carbonyl (C=O) groups is 2. The van der Waals surface area contributed by atoms with E-state index >= 15 is 0 Å². The molecule has 1 unspecified atom stereocenters. The Labute approximate surface area is 244 Å². The molecule has 41 heavy (non-hydrogen) atoms. The predicted octanol–water partition coefficient (Wildman–Crippen LogP) is 5.15. The van der Waals surface area contributed by atoms with Crippen LogP contribution in [0.25, 0.3) is 0 Å². The molecule has 0 saturated heterocycles. The molecule has 3 aromatic rings. The summed E-state index contributed by atoms with van der Waals surface area (Å²) < 4.78 is 34.5. The fourth-order valence-corrected chi connectivity index (χ4v) is 5.79. The Kier molecular flexibility index (Phi) is 9.86. The van der Waals surface area contributed by atoms with E-state index in [1.54, 1.807) is 56.5 Å². The minimum absolute atomic E-state index is 0.0806. The summed E-state index contributed by atoms with van der Waals surface area (Å²) in [6.45, 7) is 12.4. The van der Waals surface area contributed by atoms with Gasteiger partial charge in [-0.05, 0) is 95.5 Å². The number of anilines is 1. The summed E-state index contributed by atoms with van der Waals surface area (Å²) in [6.07, 6.45) is 0. The highest BCUT2D eigenvalue weighted by Gasteiger charge is 2.34. The number of hydrogen-bond donors (Lipinski definition) is 1. The second-order valence-electron chi connectivity index (χ2n) is 11.4. The maximum Gasteiger partial charge on any atom is 0.264 e. The number of nitrogens with zero attached hydrogens (tertiary/aromatic N) is 2. The van der Waals surface area contributed by atoms with Gasteiger partial charge in [-0.1, -0.05) is 42.0 Å². The number of aryl methyl sites for hydroxylation is 3. The van der Waals surface area contributed by atoms with Crippen LogP contribution in [0.15, 0.2) is 71.6 Å². The van der Waals surface area contributed by atoms with Crippen molar-refractivity contribution < 1.29 is 22.7 Å². The highest BCUT2D eigenvalue weighted by atomic mass is 32.2. The smallest absolute Gasteiger partial charge is 0.264 e. The van der Waals surface area contributed by atoms with Crippen LogP contribution in [0.3, 0.4) is 0 Å². The number of sulfonamides is 1. The highest BCUT2D eigenvalue weighted by molar-refractivity contribution is 7.92. The van der Waals surface area contributed by atoms with Gasteiger partial charge in [-0.15, -0.1) is 0 Å². The number of benzene rings is 3. The molecule has 0 spiro atoms. The molecule has 8 nitrogen and oxygen atoms in total. The van der Waals surface area contributed by atoms with Crippen LogP contribution in [0, 0.1) is 20.8 Å². The Morgan fingerprint density at radius 2 is 1.49 bits per heavy atom. The number of methoxy groups -OCH3 is 1. The first-order chi connectivity index (χ1) is 19.1. The van der Waals surface area contributed by atoms with Crippen LogP contribution >= 0.6 is 0 Å². The summed E-state index contributed by atoms with van der Waals surface area (Å²) in [5.74, 6) is -0.177. The average molecular weight is 580 g/mol. The Hall–Kier alpha value is -3.85. The van der Waals surface area contributed by atoms with E-state index in [1.165, 1.54) is 4.90 Å². The van der Waals surface area contributed by atoms with Gasteiger partial charge in [-0.2, -0.15) is 0 Å². The van der Waals surface area contributed by atoms with Crippen LogP contribution < -0.4 is 14.4 Å². The normalized spacial score (nSPS) is 12.4. The second kappa shape index (κ2) is 12.8. The van der Waals surface area contributed by atoms with E-state index in [9.17, 15) is 18.0 Å². The van der Waals surface area contributed by atoms with Gasteiger partial charge in [0.15, 0.2) is 0 Å². The summed E-state index contributed by atoms with van der Waals surface area (Å²) in [4.78, 5) is 28.9. The van der Waals surface area contributed by atoms with Gasteiger partial charge in [0.25, 0.3) is 10.0 Å². The van der Waals surface area contributed by atoms with Crippen molar-refractivity contribution in [2.75, 3.05) is 18.0 Å². The van der Waals surface area contributed by atoms with Crippen molar-refractivity contribution >= 4 is 27.5 Å². The molecule has 0 radical (unpaired) electrons. The maximum absolute atomic E-state index is 14.1. The third-order valence-electron chi connectivity index (χ3n) is 6.70. The molecule has 1 N–H and O–H groups in total. The fourth-order valence-electron chi connectivity index (χ4n) is 4.32. The molecule has 220 valence electrons. The average Bonchev–Trinajstić information content (AvgIpc) is 2.91. The van der Waals surface area contributed by atoms with E-state index in [0.717, 1.165) is 21.0 Å². The molecular weight excluding hydrogens is 538 g/mol. The third kappa shape index (κ3) is 8.10. The minimum atomic E-state index is -4.13. The summed E-state index contributed by atoms with van der Waals surface area (Å²) in [7, 11) is -2.56.